The van der Waals surface area contributed by atoms with Crippen molar-refractivity contribution >= 4 is 15.8 Å². The van der Waals surface area contributed by atoms with E-state index in [-0.39, 0.29) is 16.7 Å². The number of nitrogens with zero attached hydrogens (tertiary/aromatic N) is 1. The lowest BCUT2D eigenvalue weighted by molar-refractivity contribution is -0.120. The molecule has 2 rings (SSSR count). The number of carbonyl (C=O) groups is 1. The van der Waals surface area contributed by atoms with Crippen LogP contribution in [0.5, 0.6) is 0 Å². The van der Waals surface area contributed by atoms with Gasteiger partial charge in [0.05, 0.1) is 16.5 Å². The van der Waals surface area contributed by atoms with Crippen LogP contribution in [0.2, 0.25) is 0 Å². The molecule has 0 aliphatic heterocycles. The van der Waals surface area contributed by atoms with Gasteiger partial charge in [0.15, 0.2) is 0 Å². The van der Waals surface area contributed by atoms with Crippen LogP contribution in [0.3, 0.4) is 0 Å². The summed E-state index contributed by atoms with van der Waals surface area (Å²) < 4.78 is 26.9. The van der Waals surface area contributed by atoms with Crippen LogP contribution in [0.4, 0.5) is 0 Å². The van der Waals surface area contributed by atoms with Gasteiger partial charge in [0, 0.05) is 18.9 Å². The number of nitrogens with one attached hydrogen (secondary N) is 1. The van der Waals surface area contributed by atoms with E-state index in [0.717, 1.165) is 0 Å². The van der Waals surface area contributed by atoms with Crippen LogP contribution >= 0.6 is 0 Å². The van der Waals surface area contributed by atoms with E-state index in [1.165, 1.54) is 18.2 Å². The van der Waals surface area contributed by atoms with Crippen LogP contribution < -0.4 is 4.72 Å². The van der Waals surface area contributed by atoms with E-state index in [4.69, 9.17) is 5.26 Å². The third-order valence-corrected chi connectivity index (χ3v) is 4.66. The smallest absolute Gasteiger partial charge is 0.240 e. The Balaban J connectivity index is 2.14. The maximum atomic E-state index is 12.1. The number of carbonyl (C=O) groups excluding carboxylic acids is 1. The third kappa shape index (κ3) is 3.40. The zero-order chi connectivity index (χ0) is 13.9. The summed E-state index contributed by atoms with van der Waals surface area (Å²) in [6, 6.07) is 7.60. The van der Waals surface area contributed by atoms with Gasteiger partial charge >= 0.3 is 0 Å². The van der Waals surface area contributed by atoms with Crippen molar-refractivity contribution in [3.63, 3.8) is 0 Å². The molecule has 1 aliphatic rings. The van der Waals surface area contributed by atoms with E-state index in [1.807, 2.05) is 6.07 Å². The van der Waals surface area contributed by atoms with E-state index < -0.39 is 10.0 Å². The van der Waals surface area contributed by atoms with Crippen molar-refractivity contribution in [1.82, 2.24) is 4.72 Å². The fourth-order valence-corrected chi connectivity index (χ4v) is 3.43. The summed E-state index contributed by atoms with van der Waals surface area (Å²) in [5, 5.41) is 8.78. The van der Waals surface area contributed by atoms with Crippen molar-refractivity contribution in [1.29, 1.82) is 5.26 Å². The summed E-state index contributed by atoms with van der Waals surface area (Å²) in [6.45, 7) is 0. The van der Waals surface area contributed by atoms with E-state index in [9.17, 15) is 13.2 Å². The summed E-state index contributed by atoms with van der Waals surface area (Å²) in [5.74, 6) is 0.182. The van der Waals surface area contributed by atoms with Crippen LogP contribution in [-0.4, -0.2) is 20.2 Å². The molecule has 0 saturated heterocycles. The van der Waals surface area contributed by atoms with Gasteiger partial charge in [-0.15, -0.1) is 0 Å². The second-order valence-corrected chi connectivity index (χ2v) is 6.29. The fourth-order valence-electron chi connectivity index (χ4n) is 2.08. The molecule has 0 heterocycles. The molecule has 1 saturated carbocycles. The Labute approximate surface area is 112 Å². The van der Waals surface area contributed by atoms with Crippen molar-refractivity contribution in [3.05, 3.63) is 29.8 Å². The highest BCUT2D eigenvalue weighted by Crippen LogP contribution is 2.18. The molecular weight excluding hydrogens is 264 g/mol. The van der Waals surface area contributed by atoms with Gasteiger partial charge in [-0.3, -0.25) is 4.79 Å². The molecule has 1 aromatic rings. The molecule has 0 bridgehead atoms. The molecule has 6 heteroatoms. The van der Waals surface area contributed by atoms with Gasteiger partial charge in [-0.25, -0.2) is 13.1 Å². The molecule has 19 heavy (non-hydrogen) atoms. The normalized spacial score (nSPS) is 17.1. The minimum atomic E-state index is -3.62. The van der Waals surface area contributed by atoms with Crippen LogP contribution in [0, 0.1) is 11.3 Å². The van der Waals surface area contributed by atoms with E-state index >= 15 is 0 Å². The van der Waals surface area contributed by atoms with E-state index in [1.54, 1.807) is 6.07 Å². The molecule has 0 radical (unpaired) electrons. The minimum absolute atomic E-state index is 0.0865. The quantitative estimate of drug-likeness (QED) is 0.904. The summed E-state index contributed by atoms with van der Waals surface area (Å²) in [7, 11) is -3.62. The maximum Gasteiger partial charge on any atom is 0.240 e. The molecule has 1 aliphatic carbocycles. The van der Waals surface area contributed by atoms with Gasteiger partial charge in [-0.2, -0.15) is 5.26 Å². The average molecular weight is 278 g/mol. The molecule has 5 nitrogen and oxygen atoms in total. The number of benzene rings is 1. The van der Waals surface area contributed by atoms with E-state index in [0.29, 0.717) is 31.2 Å². The molecular formula is C13H14N2O3S. The number of nitriles is 1. The Hall–Kier alpha value is -1.71. The molecule has 1 aromatic carbocycles. The lowest BCUT2D eigenvalue weighted by Gasteiger charge is -2.22. The van der Waals surface area contributed by atoms with Crippen molar-refractivity contribution in [2.45, 2.75) is 36.6 Å². The van der Waals surface area contributed by atoms with Gasteiger partial charge in [-0.05, 0) is 31.0 Å². The maximum absolute atomic E-state index is 12.1. The number of Topliss-reactive ketones (excluding diaryl/α,β-unsaturated/α-hetero) is 1. The molecule has 1 fully saturated rings. The molecule has 0 amide bonds. The Bertz CT molecular complexity index is 622. The Morgan fingerprint density at radius 1 is 1.26 bits per heavy atom. The second-order valence-electron chi connectivity index (χ2n) is 4.57. The lowest BCUT2D eigenvalue weighted by atomic mass is 9.95. The first-order valence-corrected chi connectivity index (χ1v) is 7.54. The number of hydrogen-bond donors (Lipinski definition) is 1. The van der Waals surface area contributed by atoms with Crippen molar-refractivity contribution in [2.24, 2.45) is 0 Å². The summed E-state index contributed by atoms with van der Waals surface area (Å²) in [6.07, 6.45) is 1.92. The third-order valence-electron chi connectivity index (χ3n) is 3.14. The molecule has 1 N–H and O–H groups in total. The van der Waals surface area contributed by atoms with Gasteiger partial charge in [0.2, 0.25) is 10.0 Å². The molecule has 100 valence electrons. The molecule has 0 aromatic heterocycles. The van der Waals surface area contributed by atoms with Gasteiger partial charge in [-0.1, -0.05) is 6.07 Å². The lowest BCUT2D eigenvalue weighted by Crippen LogP contribution is -2.37. The Morgan fingerprint density at radius 3 is 2.58 bits per heavy atom. The monoisotopic (exact) mass is 278 g/mol. The van der Waals surface area contributed by atoms with E-state index in [2.05, 4.69) is 4.72 Å². The standard InChI is InChI=1S/C13H14N2O3S/c14-9-10-2-1-3-13(8-10)19(17,18)15-11-4-6-12(16)7-5-11/h1-3,8,11,15H,4-7H2. The molecule has 0 unspecified atom stereocenters. The van der Waals surface area contributed by atoms with Gasteiger partial charge < -0.3 is 0 Å². The average Bonchev–Trinajstić information content (AvgIpc) is 2.41. The predicted octanol–water partition coefficient (Wildman–Crippen LogP) is 1.35. The summed E-state index contributed by atoms with van der Waals surface area (Å²) in [5.41, 5.74) is 0.307. The number of rotatable bonds is 3. The first-order chi connectivity index (χ1) is 9.01. The van der Waals surface area contributed by atoms with Gasteiger partial charge in [0.1, 0.15) is 5.78 Å². The van der Waals surface area contributed by atoms with Crippen LogP contribution in [0.15, 0.2) is 29.2 Å². The SMILES string of the molecule is N#Cc1cccc(S(=O)(=O)NC2CCC(=O)CC2)c1. The second kappa shape index (κ2) is 5.51. The predicted molar refractivity (Wildman–Crippen MR) is 68.7 cm³/mol. The topological polar surface area (TPSA) is 87.0 Å². The Morgan fingerprint density at radius 2 is 1.95 bits per heavy atom. The minimum Gasteiger partial charge on any atom is -0.300 e. The highest BCUT2D eigenvalue weighted by atomic mass is 32.2. The first kappa shape index (κ1) is 13.7. The summed E-state index contributed by atoms with van der Waals surface area (Å²) in [4.78, 5) is 11.2. The largest absolute Gasteiger partial charge is 0.300 e. The number of hydrogen-bond acceptors (Lipinski definition) is 4. The van der Waals surface area contributed by atoms with Crippen LogP contribution in [0.1, 0.15) is 31.2 Å². The van der Waals surface area contributed by atoms with Crippen molar-refractivity contribution in [3.8, 4) is 6.07 Å². The zero-order valence-electron chi connectivity index (χ0n) is 10.3. The molecule has 0 atom stereocenters. The highest BCUT2D eigenvalue weighted by molar-refractivity contribution is 7.89. The van der Waals surface area contributed by atoms with Crippen LogP contribution in [-0.2, 0) is 14.8 Å². The first-order valence-electron chi connectivity index (χ1n) is 6.05. The van der Waals surface area contributed by atoms with Crippen LogP contribution in [0.25, 0.3) is 0 Å². The zero-order valence-corrected chi connectivity index (χ0v) is 11.1. The van der Waals surface area contributed by atoms with Crippen molar-refractivity contribution < 1.29 is 13.2 Å². The Kier molecular flexibility index (Phi) is 3.98. The highest BCUT2D eigenvalue weighted by Gasteiger charge is 2.24. The summed E-state index contributed by atoms with van der Waals surface area (Å²) >= 11 is 0. The van der Waals surface area contributed by atoms with Crippen molar-refractivity contribution in [2.75, 3.05) is 0 Å². The molecule has 0 spiro atoms. The van der Waals surface area contributed by atoms with Gasteiger partial charge in [0.25, 0.3) is 0 Å². The fraction of sp³-hybridized carbons (Fsp3) is 0.385. The number of ketones is 1. The number of sulfonamides is 1.